The number of ether oxygens (including phenoxy) is 2. The predicted octanol–water partition coefficient (Wildman–Crippen LogP) is 5.41. The van der Waals surface area contributed by atoms with E-state index in [1.807, 2.05) is 6.92 Å². The summed E-state index contributed by atoms with van der Waals surface area (Å²) in [7, 11) is 1.43. The zero-order chi connectivity index (χ0) is 18.7. The zero-order valence-electron chi connectivity index (χ0n) is 16.6. The molecule has 5 atom stereocenters. The molecule has 3 fully saturated rings. The van der Waals surface area contributed by atoms with Crippen LogP contribution in [0.4, 0.5) is 0 Å². The normalized spacial score (nSPS) is 45.3. The van der Waals surface area contributed by atoms with E-state index >= 15 is 0 Å². The summed E-state index contributed by atoms with van der Waals surface area (Å²) < 4.78 is 11.3. The highest BCUT2D eigenvalue weighted by Gasteiger charge is 2.79. The molecule has 0 aromatic carbocycles. The summed E-state index contributed by atoms with van der Waals surface area (Å²) in [6.07, 6.45) is 8.34. The second-order valence-electron chi connectivity index (χ2n) is 9.51. The van der Waals surface area contributed by atoms with Crippen molar-refractivity contribution in [2.24, 2.45) is 16.7 Å². The molecule has 2 saturated carbocycles. The van der Waals surface area contributed by atoms with Crippen LogP contribution in [0.15, 0.2) is 11.6 Å². The number of allylic oxidation sites excluding steroid dienone is 1. The maximum absolute atomic E-state index is 11.5. The first-order valence-corrected chi connectivity index (χ1v) is 10.5. The molecule has 0 unspecified atom stereocenters. The fraction of sp³-hybridized carbons (Fsp3) is 0.857. The number of fused-ring (bicyclic) bond motifs is 3. The minimum atomic E-state index is -0.261. The minimum Gasteiger partial charge on any atom is -0.466 e. The molecule has 3 aliphatic rings. The van der Waals surface area contributed by atoms with Gasteiger partial charge in [-0.05, 0) is 63.7 Å². The molecule has 1 heterocycles. The number of methoxy groups -OCH3 is 1. The third-order valence-electron chi connectivity index (χ3n) is 7.87. The first kappa shape index (κ1) is 19.4. The first-order chi connectivity index (χ1) is 11.5. The summed E-state index contributed by atoms with van der Waals surface area (Å²) in [5, 5.41) is 0. The average Bonchev–Trinajstić information content (AvgIpc) is 3.17. The fourth-order valence-electron chi connectivity index (χ4n) is 6.24. The van der Waals surface area contributed by atoms with Crippen molar-refractivity contribution in [2.75, 3.05) is 7.11 Å². The summed E-state index contributed by atoms with van der Waals surface area (Å²) in [5.41, 5.74) is 1.54. The molecule has 0 radical (unpaired) electrons. The molecule has 0 aromatic heterocycles. The summed E-state index contributed by atoms with van der Waals surface area (Å²) in [4.78, 5) is 12.1. The molecule has 0 aromatic rings. The van der Waals surface area contributed by atoms with Crippen molar-refractivity contribution in [2.45, 2.75) is 89.2 Å². The molecule has 25 heavy (non-hydrogen) atoms. The second kappa shape index (κ2) is 6.09. The lowest BCUT2D eigenvalue weighted by molar-refractivity contribution is -0.134. The minimum absolute atomic E-state index is 0.0129. The Morgan fingerprint density at radius 2 is 1.92 bits per heavy atom. The van der Waals surface area contributed by atoms with Gasteiger partial charge in [0.1, 0.15) is 5.60 Å². The largest absolute Gasteiger partial charge is 0.466 e. The first-order valence-electron chi connectivity index (χ1n) is 9.62. The Kier molecular flexibility index (Phi) is 4.73. The molecule has 0 N–H and O–H groups in total. The van der Waals surface area contributed by atoms with Crippen LogP contribution in [0.1, 0.15) is 73.1 Å². The lowest BCUT2D eigenvalue weighted by Crippen LogP contribution is -2.58. The number of esters is 1. The number of hydrogen-bond donors (Lipinski definition) is 0. The highest BCUT2D eigenvalue weighted by atomic mass is 79.9. The number of epoxide rings is 1. The van der Waals surface area contributed by atoms with Gasteiger partial charge in [0.2, 0.25) is 0 Å². The molecule has 1 saturated heterocycles. The Morgan fingerprint density at radius 3 is 2.56 bits per heavy atom. The van der Waals surface area contributed by atoms with Crippen molar-refractivity contribution >= 4 is 21.9 Å². The molecule has 2 aliphatic carbocycles. The van der Waals surface area contributed by atoms with Gasteiger partial charge in [0.25, 0.3) is 0 Å². The van der Waals surface area contributed by atoms with Gasteiger partial charge in [-0.25, -0.2) is 4.79 Å². The molecule has 0 spiro atoms. The van der Waals surface area contributed by atoms with E-state index in [0.29, 0.717) is 10.7 Å². The van der Waals surface area contributed by atoms with Crippen molar-refractivity contribution in [3.8, 4) is 0 Å². The smallest absolute Gasteiger partial charge is 0.330 e. The molecule has 3 nitrogen and oxygen atoms in total. The van der Waals surface area contributed by atoms with Gasteiger partial charge in [0, 0.05) is 16.3 Å². The number of carbonyl (C=O) groups excluding carboxylic acids is 1. The second-order valence-corrected chi connectivity index (χ2v) is 10.6. The number of carbonyl (C=O) groups is 1. The Morgan fingerprint density at radius 1 is 1.24 bits per heavy atom. The number of rotatable bonds is 4. The molecule has 142 valence electrons. The quantitative estimate of drug-likeness (QED) is 0.268. The van der Waals surface area contributed by atoms with Gasteiger partial charge in [0.15, 0.2) is 0 Å². The zero-order valence-corrected chi connectivity index (χ0v) is 18.2. The van der Waals surface area contributed by atoms with Crippen LogP contribution in [0, 0.1) is 16.7 Å². The maximum atomic E-state index is 11.5. The van der Waals surface area contributed by atoms with Crippen LogP contribution in [-0.4, -0.2) is 29.1 Å². The molecule has 0 amide bonds. The highest BCUT2D eigenvalue weighted by Crippen LogP contribution is 2.74. The summed E-state index contributed by atoms with van der Waals surface area (Å²) in [5.74, 6) is 0.404. The van der Waals surface area contributed by atoms with Crippen LogP contribution in [0.3, 0.4) is 0 Å². The number of halogens is 1. The standard InChI is InChI=1S/C21H33BrO3/c1-14(13-17(23)24-6)7-12-21-19(4)10-9-16(22)18(2,3)15(19)8-11-20(21,5)25-21/h13,15-16H,7-12H2,1-6H3/b14-13+/t15-,16-,19-,20-,21+/m1/s1. The molecular formula is C21H33BrO3. The van der Waals surface area contributed by atoms with Gasteiger partial charge < -0.3 is 9.47 Å². The van der Waals surface area contributed by atoms with E-state index in [2.05, 4.69) is 43.6 Å². The van der Waals surface area contributed by atoms with Gasteiger partial charge in [0.05, 0.1) is 12.7 Å². The van der Waals surface area contributed by atoms with Crippen molar-refractivity contribution < 1.29 is 14.3 Å². The van der Waals surface area contributed by atoms with E-state index in [4.69, 9.17) is 9.47 Å². The van der Waals surface area contributed by atoms with Gasteiger partial charge in [-0.15, -0.1) is 0 Å². The number of hydrogen-bond acceptors (Lipinski definition) is 3. The number of alkyl halides is 1. The Bertz CT molecular complexity index is 598. The van der Waals surface area contributed by atoms with E-state index in [1.54, 1.807) is 6.08 Å². The van der Waals surface area contributed by atoms with Crippen molar-refractivity contribution in [1.29, 1.82) is 0 Å². The van der Waals surface area contributed by atoms with Gasteiger partial charge in [-0.2, -0.15) is 0 Å². The van der Waals surface area contributed by atoms with Gasteiger partial charge in [-0.1, -0.05) is 42.3 Å². The monoisotopic (exact) mass is 412 g/mol. The SMILES string of the molecule is COC(=O)/C=C(\C)CC[C@@]12O[C@]1(C)CC[C@@H]1C(C)(C)[C@H](Br)CC[C@]12C. The molecule has 3 rings (SSSR count). The van der Waals surface area contributed by atoms with E-state index in [9.17, 15) is 4.79 Å². The van der Waals surface area contributed by atoms with E-state index in [-0.39, 0.29) is 28.0 Å². The van der Waals surface area contributed by atoms with Crippen LogP contribution in [-0.2, 0) is 14.3 Å². The Balaban J connectivity index is 1.85. The van der Waals surface area contributed by atoms with Gasteiger partial charge >= 0.3 is 5.97 Å². The molecule has 1 aliphatic heterocycles. The van der Waals surface area contributed by atoms with Crippen LogP contribution in [0.25, 0.3) is 0 Å². The average molecular weight is 413 g/mol. The molecular weight excluding hydrogens is 380 g/mol. The van der Waals surface area contributed by atoms with Gasteiger partial charge in [-0.3, -0.25) is 0 Å². The van der Waals surface area contributed by atoms with Crippen LogP contribution < -0.4 is 0 Å². The van der Waals surface area contributed by atoms with Crippen molar-refractivity contribution in [3.05, 3.63) is 11.6 Å². The van der Waals surface area contributed by atoms with Crippen LogP contribution in [0.2, 0.25) is 0 Å². The van der Waals surface area contributed by atoms with E-state index < -0.39 is 0 Å². The third kappa shape index (κ3) is 2.74. The van der Waals surface area contributed by atoms with Crippen LogP contribution >= 0.6 is 15.9 Å². The Labute approximate surface area is 161 Å². The Hall–Kier alpha value is -0.350. The maximum Gasteiger partial charge on any atom is 0.330 e. The highest BCUT2D eigenvalue weighted by molar-refractivity contribution is 9.09. The third-order valence-corrected chi connectivity index (χ3v) is 9.51. The van der Waals surface area contributed by atoms with Crippen molar-refractivity contribution in [1.82, 2.24) is 0 Å². The van der Waals surface area contributed by atoms with E-state index in [0.717, 1.165) is 24.8 Å². The summed E-state index contributed by atoms with van der Waals surface area (Å²) >= 11 is 3.96. The van der Waals surface area contributed by atoms with E-state index in [1.165, 1.54) is 26.4 Å². The molecule has 0 bridgehead atoms. The van der Waals surface area contributed by atoms with Crippen LogP contribution in [0.5, 0.6) is 0 Å². The summed E-state index contributed by atoms with van der Waals surface area (Å²) in [6.45, 7) is 11.7. The lowest BCUT2D eigenvalue weighted by atomic mass is 9.46. The fourth-order valence-corrected chi connectivity index (χ4v) is 6.79. The summed E-state index contributed by atoms with van der Waals surface area (Å²) in [6, 6.07) is 0. The molecule has 4 heteroatoms. The lowest BCUT2D eigenvalue weighted by Gasteiger charge is -2.58. The topological polar surface area (TPSA) is 38.8 Å². The predicted molar refractivity (Wildman–Crippen MR) is 104 cm³/mol. The van der Waals surface area contributed by atoms with Crippen molar-refractivity contribution in [3.63, 3.8) is 0 Å².